The molecule has 1 aromatic carbocycles. The molecule has 2 rings (SSSR count). The summed E-state index contributed by atoms with van der Waals surface area (Å²) in [5.74, 6) is 0. The Morgan fingerprint density at radius 3 is 2.52 bits per heavy atom. The third-order valence-electron chi connectivity index (χ3n) is 2.79. The molecule has 0 aliphatic carbocycles. The normalized spacial score (nSPS) is 11.7. The molecule has 1 aromatic heterocycles. The van der Waals surface area contributed by atoms with Gasteiger partial charge in [-0.2, -0.15) is 0 Å². The van der Waals surface area contributed by atoms with Crippen molar-refractivity contribution in [2.45, 2.75) is 13.8 Å². The van der Waals surface area contributed by atoms with E-state index in [9.17, 15) is 14.7 Å². The van der Waals surface area contributed by atoms with Gasteiger partial charge in [0.05, 0.1) is 23.4 Å². The molecule has 112 valence electrons. The lowest BCUT2D eigenvalue weighted by Crippen LogP contribution is -2.11. The van der Waals surface area contributed by atoms with Crippen molar-refractivity contribution in [3.05, 3.63) is 40.6 Å². The predicted octanol–water partition coefficient (Wildman–Crippen LogP) is 3.03. The minimum absolute atomic E-state index is 0.0956. The van der Waals surface area contributed by atoms with E-state index in [0.29, 0.717) is 10.7 Å². The molecule has 7 nitrogen and oxygen atoms in total. The number of non-ortho nitro benzene ring substituents is 1. The molecule has 0 amide bonds. The van der Waals surface area contributed by atoms with Crippen molar-refractivity contribution in [1.82, 2.24) is 4.98 Å². The first kappa shape index (κ1) is 15.6. The first-order chi connectivity index (χ1) is 10.0. The molecule has 0 N–H and O–H groups in total. The molecule has 0 saturated carbocycles. The van der Waals surface area contributed by atoms with Crippen LogP contribution < -0.4 is 5.30 Å². The van der Waals surface area contributed by atoms with Crippen molar-refractivity contribution in [2.24, 2.45) is 0 Å². The van der Waals surface area contributed by atoms with Crippen LogP contribution in [0.1, 0.15) is 13.8 Å². The monoisotopic (exact) mass is 310 g/mol. The van der Waals surface area contributed by atoms with Gasteiger partial charge in [-0.3, -0.25) is 14.7 Å². The Bertz CT molecular complexity index is 709. The second-order valence-electron chi connectivity index (χ2n) is 4.13. The minimum atomic E-state index is -3.45. The number of hydrogen-bond donors (Lipinski definition) is 0. The van der Waals surface area contributed by atoms with Crippen molar-refractivity contribution < 1.29 is 18.5 Å². The number of nitrogens with zero attached hydrogens (tertiary/aromatic N) is 2. The van der Waals surface area contributed by atoms with Crippen molar-refractivity contribution >= 4 is 29.5 Å². The van der Waals surface area contributed by atoms with Crippen LogP contribution in [0.5, 0.6) is 0 Å². The van der Waals surface area contributed by atoms with Gasteiger partial charge in [0.1, 0.15) is 5.52 Å². The smallest absolute Gasteiger partial charge is 0.305 e. The standard InChI is InChI=1S/C13H15N2O5P/c1-3-19-21(18,20-4-2)11-8-10-6-5-7-12(15(16)17)13(10)14-9-11/h5-9H,3-4H2,1-2H3. The molecule has 0 aliphatic rings. The van der Waals surface area contributed by atoms with Crippen LogP contribution in [0.3, 0.4) is 0 Å². The SMILES string of the molecule is CCOP(=O)(OCC)c1cnc2c([N+](=O)[O-])cccc2c1. The highest BCUT2D eigenvalue weighted by atomic mass is 31.2. The van der Waals surface area contributed by atoms with Crippen LogP contribution in [0.4, 0.5) is 5.69 Å². The molecular formula is C13H15N2O5P. The zero-order valence-electron chi connectivity index (χ0n) is 11.7. The molecule has 0 spiro atoms. The van der Waals surface area contributed by atoms with Gasteiger partial charge in [-0.15, -0.1) is 0 Å². The molecule has 1 heterocycles. The predicted molar refractivity (Wildman–Crippen MR) is 78.9 cm³/mol. The van der Waals surface area contributed by atoms with Gasteiger partial charge in [-0.25, -0.2) is 4.98 Å². The van der Waals surface area contributed by atoms with Crippen molar-refractivity contribution in [3.63, 3.8) is 0 Å². The highest BCUT2D eigenvalue weighted by Crippen LogP contribution is 2.47. The summed E-state index contributed by atoms with van der Waals surface area (Å²) >= 11 is 0. The van der Waals surface area contributed by atoms with Crippen LogP contribution in [0.25, 0.3) is 10.9 Å². The van der Waals surface area contributed by atoms with Gasteiger partial charge in [0.15, 0.2) is 0 Å². The highest BCUT2D eigenvalue weighted by Gasteiger charge is 2.28. The van der Waals surface area contributed by atoms with E-state index < -0.39 is 12.5 Å². The summed E-state index contributed by atoms with van der Waals surface area (Å²) in [5, 5.41) is 11.8. The third kappa shape index (κ3) is 3.10. The number of fused-ring (bicyclic) bond motifs is 1. The molecule has 0 saturated heterocycles. The zero-order chi connectivity index (χ0) is 15.5. The fourth-order valence-corrected chi connectivity index (χ4v) is 3.51. The zero-order valence-corrected chi connectivity index (χ0v) is 12.6. The average molecular weight is 310 g/mol. The van der Waals surface area contributed by atoms with Crippen molar-refractivity contribution in [2.75, 3.05) is 13.2 Å². The van der Waals surface area contributed by atoms with Gasteiger partial charge in [0, 0.05) is 17.6 Å². The Balaban J connectivity index is 2.57. The van der Waals surface area contributed by atoms with E-state index >= 15 is 0 Å². The Labute approximate surface area is 121 Å². The molecule has 21 heavy (non-hydrogen) atoms. The fraction of sp³-hybridized carbons (Fsp3) is 0.308. The summed E-state index contributed by atoms with van der Waals surface area (Å²) in [6.07, 6.45) is 1.31. The Morgan fingerprint density at radius 2 is 1.95 bits per heavy atom. The summed E-state index contributed by atoms with van der Waals surface area (Å²) in [6, 6.07) is 6.15. The average Bonchev–Trinajstić information content (AvgIpc) is 2.46. The first-order valence-corrected chi connectivity index (χ1v) is 7.99. The maximum atomic E-state index is 12.7. The van der Waals surface area contributed by atoms with Crippen LogP contribution in [-0.2, 0) is 13.6 Å². The number of hydrogen-bond acceptors (Lipinski definition) is 6. The highest BCUT2D eigenvalue weighted by molar-refractivity contribution is 7.62. The van der Waals surface area contributed by atoms with Gasteiger partial charge in [-0.05, 0) is 19.9 Å². The lowest BCUT2D eigenvalue weighted by molar-refractivity contribution is -0.383. The number of nitro benzene ring substituents is 1. The Hall–Kier alpha value is -1.82. The van der Waals surface area contributed by atoms with Gasteiger partial charge in [0.2, 0.25) is 0 Å². The summed E-state index contributed by atoms with van der Waals surface area (Å²) in [7, 11) is -3.45. The second-order valence-corrected chi connectivity index (χ2v) is 6.16. The maximum absolute atomic E-state index is 12.7. The molecule has 0 fully saturated rings. The van der Waals surface area contributed by atoms with Gasteiger partial charge < -0.3 is 9.05 Å². The van der Waals surface area contributed by atoms with E-state index in [2.05, 4.69) is 4.98 Å². The van der Waals surface area contributed by atoms with Gasteiger partial charge in [0.25, 0.3) is 5.69 Å². The molecule has 0 aliphatic heterocycles. The third-order valence-corrected chi connectivity index (χ3v) is 4.86. The van der Waals surface area contributed by atoms with E-state index in [0.717, 1.165) is 0 Å². The number of aromatic nitrogens is 1. The summed E-state index contributed by atoms with van der Waals surface area (Å²) in [6.45, 7) is 3.88. The van der Waals surface area contributed by atoms with Crippen LogP contribution >= 0.6 is 7.60 Å². The number of para-hydroxylation sites is 1. The minimum Gasteiger partial charge on any atom is -0.305 e. The Morgan fingerprint density at radius 1 is 1.29 bits per heavy atom. The lowest BCUT2D eigenvalue weighted by atomic mass is 10.2. The molecule has 0 bridgehead atoms. The lowest BCUT2D eigenvalue weighted by Gasteiger charge is -2.17. The maximum Gasteiger partial charge on any atom is 0.362 e. The molecule has 2 aromatic rings. The van der Waals surface area contributed by atoms with E-state index in [1.165, 1.54) is 12.3 Å². The van der Waals surface area contributed by atoms with Crippen LogP contribution in [0.15, 0.2) is 30.5 Å². The van der Waals surface area contributed by atoms with E-state index in [4.69, 9.17) is 9.05 Å². The topological polar surface area (TPSA) is 91.6 Å². The quantitative estimate of drug-likeness (QED) is 0.462. The Kier molecular flexibility index (Phi) is 4.67. The van der Waals surface area contributed by atoms with Gasteiger partial charge >= 0.3 is 7.60 Å². The number of rotatable bonds is 6. The van der Waals surface area contributed by atoms with Crippen LogP contribution in [0.2, 0.25) is 0 Å². The summed E-state index contributed by atoms with van der Waals surface area (Å²) in [4.78, 5) is 14.5. The summed E-state index contributed by atoms with van der Waals surface area (Å²) < 4.78 is 23.1. The van der Waals surface area contributed by atoms with Crippen molar-refractivity contribution in [3.8, 4) is 0 Å². The van der Waals surface area contributed by atoms with Crippen molar-refractivity contribution in [1.29, 1.82) is 0 Å². The van der Waals surface area contributed by atoms with Crippen LogP contribution in [0, 0.1) is 10.1 Å². The first-order valence-electron chi connectivity index (χ1n) is 6.44. The molecular weight excluding hydrogens is 295 g/mol. The molecule has 8 heteroatoms. The largest absolute Gasteiger partial charge is 0.362 e. The summed E-state index contributed by atoms with van der Waals surface area (Å²) in [5.41, 5.74) is 0.146. The number of pyridine rings is 1. The van der Waals surface area contributed by atoms with E-state index in [-0.39, 0.29) is 24.4 Å². The molecule has 0 unspecified atom stereocenters. The van der Waals surface area contributed by atoms with Crippen LogP contribution in [-0.4, -0.2) is 23.1 Å². The molecule has 0 atom stereocenters. The fourth-order valence-electron chi connectivity index (χ4n) is 1.96. The second kappa shape index (κ2) is 6.30. The number of nitro groups is 1. The van der Waals surface area contributed by atoms with E-state index in [1.807, 2.05) is 0 Å². The molecule has 0 radical (unpaired) electrons. The van der Waals surface area contributed by atoms with E-state index in [1.54, 1.807) is 32.0 Å². The van der Waals surface area contributed by atoms with Gasteiger partial charge in [-0.1, -0.05) is 12.1 Å². The number of benzene rings is 1.